The predicted molar refractivity (Wildman–Crippen MR) is 95.6 cm³/mol. The van der Waals surface area contributed by atoms with E-state index in [4.69, 9.17) is 15.2 Å². The lowest BCUT2D eigenvalue weighted by Crippen LogP contribution is -2.45. The molecule has 138 valence electrons. The normalized spacial score (nSPS) is 17.2. The Labute approximate surface area is 151 Å². The summed E-state index contributed by atoms with van der Waals surface area (Å²) in [5, 5.41) is 0. The topological polar surface area (TPSA) is 77.7 Å². The van der Waals surface area contributed by atoms with Crippen molar-refractivity contribution in [3.63, 3.8) is 0 Å². The fourth-order valence-electron chi connectivity index (χ4n) is 3.07. The van der Waals surface area contributed by atoms with E-state index in [9.17, 15) is 9.18 Å². The number of nitrogens with two attached hydrogens (primary N) is 1. The quantitative estimate of drug-likeness (QED) is 0.886. The average molecular weight is 359 g/mol. The zero-order valence-corrected chi connectivity index (χ0v) is 14.7. The van der Waals surface area contributed by atoms with Crippen molar-refractivity contribution < 1.29 is 18.7 Å². The minimum atomic E-state index is -0.464. The molecule has 2 aromatic rings. The van der Waals surface area contributed by atoms with Gasteiger partial charge in [0.05, 0.1) is 25.4 Å². The summed E-state index contributed by atoms with van der Waals surface area (Å²) >= 11 is 0. The van der Waals surface area contributed by atoms with Crippen LogP contribution in [-0.4, -0.2) is 48.7 Å². The molecule has 0 bridgehead atoms. The fourth-order valence-corrected chi connectivity index (χ4v) is 3.07. The average Bonchev–Trinajstić information content (AvgIpc) is 2.66. The van der Waals surface area contributed by atoms with E-state index in [0.29, 0.717) is 31.3 Å². The molecule has 0 aliphatic carbocycles. The van der Waals surface area contributed by atoms with Gasteiger partial charge in [0.2, 0.25) is 0 Å². The summed E-state index contributed by atoms with van der Waals surface area (Å²) in [6, 6.07) is 7.71. The lowest BCUT2D eigenvalue weighted by atomic mass is 10.1. The molecule has 1 saturated heterocycles. The van der Waals surface area contributed by atoms with Gasteiger partial charge in [-0.1, -0.05) is 0 Å². The number of carbonyl (C=O) groups excluding carboxylic acids is 1. The number of nitrogens with zero attached hydrogens (tertiary/aromatic N) is 2. The maximum atomic E-state index is 13.6. The van der Waals surface area contributed by atoms with Gasteiger partial charge in [0.25, 0.3) is 5.91 Å². The van der Waals surface area contributed by atoms with Crippen molar-refractivity contribution in [2.75, 3.05) is 32.5 Å². The van der Waals surface area contributed by atoms with Crippen LogP contribution >= 0.6 is 0 Å². The molecule has 3 rings (SSSR count). The minimum absolute atomic E-state index is 0.0818. The van der Waals surface area contributed by atoms with Crippen LogP contribution in [-0.2, 0) is 11.2 Å². The number of hydrogen-bond donors (Lipinski definition) is 1. The standard InChI is InChI=1S/C19H22FN3O3/c1-25-17-5-3-14(20)11-16(17)19(24)23-8-9-26-15(12-23)4-2-13-6-7-22-18(21)10-13/h3,5-7,10-11,15H,2,4,8-9,12H2,1H3,(H2,21,22)/t15-/m0/s1. The summed E-state index contributed by atoms with van der Waals surface area (Å²) in [4.78, 5) is 18.5. The van der Waals surface area contributed by atoms with Gasteiger partial charge in [-0.2, -0.15) is 0 Å². The van der Waals surface area contributed by atoms with Gasteiger partial charge in [-0.15, -0.1) is 0 Å². The first kappa shape index (κ1) is 18.1. The number of methoxy groups -OCH3 is 1. The van der Waals surface area contributed by atoms with Gasteiger partial charge >= 0.3 is 0 Å². The van der Waals surface area contributed by atoms with E-state index in [0.717, 1.165) is 18.4 Å². The van der Waals surface area contributed by atoms with Crippen LogP contribution in [0.4, 0.5) is 10.2 Å². The zero-order valence-electron chi connectivity index (χ0n) is 14.7. The van der Waals surface area contributed by atoms with Gasteiger partial charge in [-0.3, -0.25) is 4.79 Å². The van der Waals surface area contributed by atoms with E-state index in [1.54, 1.807) is 11.1 Å². The molecule has 26 heavy (non-hydrogen) atoms. The van der Waals surface area contributed by atoms with Crippen LogP contribution in [0.2, 0.25) is 0 Å². The van der Waals surface area contributed by atoms with Crippen LogP contribution in [0, 0.1) is 5.82 Å². The predicted octanol–water partition coefficient (Wildman–Crippen LogP) is 2.29. The Balaban J connectivity index is 1.64. The van der Waals surface area contributed by atoms with Crippen LogP contribution < -0.4 is 10.5 Å². The number of hydrogen-bond acceptors (Lipinski definition) is 5. The van der Waals surface area contributed by atoms with Crippen LogP contribution in [0.5, 0.6) is 5.75 Å². The van der Waals surface area contributed by atoms with Gasteiger partial charge < -0.3 is 20.1 Å². The number of ether oxygens (including phenoxy) is 2. The van der Waals surface area contributed by atoms with Crippen LogP contribution in [0.3, 0.4) is 0 Å². The van der Waals surface area contributed by atoms with Crippen molar-refractivity contribution in [2.45, 2.75) is 18.9 Å². The fraction of sp³-hybridized carbons (Fsp3) is 0.368. The second-order valence-electron chi connectivity index (χ2n) is 6.22. The molecule has 1 atom stereocenters. The van der Waals surface area contributed by atoms with E-state index in [2.05, 4.69) is 4.98 Å². The van der Waals surface area contributed by atoms with Gasteiger partial charge in [0.1, 0.15) is 17.4 Å². The molecule has 1 aliphatic rings. The van der Waals surface area contributed by atoms with Gasteiger partial charge in [0.15, 0.2) is 0 Å². The van der Waals surface area contributed by atoms with Crippen molar-refractivity contribution in [3.05, 3.63) is 53.5 Å². The molecule has 0 radical (unpaired) electrons. The number of halogens is 1. The van der Waals surface area contributed by atoms with Crippen molar-refractivity contribution in [2.24, 2.45) is 0 Å². The number of aromatic nitrogens is 1. The summed E-state index contributed by atoms with van der Waals surface area (Å²) in [5.74, 6) is 0.144. The molecule has 0 saturated carbocycles. The minimum Gasteiger partial charge on any atom is -0.496 e. The third kappa shape index (κ3) is 4.29. The summed E-state index contributed by atoms with van der Waals surface area (Å²) in [5.41, 5.74) is 7.01. The Morgan fingerprint density at radius 3 is 3.04 bits per heavy atom. The number of aryl methyl sites for hydroxylation is 1. The lowest BCUT2D eigenvalue weighted by molar-refractivity contribution is -0.0247. The molecule has 0 spiro atoms. The molecule has 7 heteroatoms. The summed E-state index contributed by atoms with van der Waals surface area (Å²) in [7, 11) is 1.46. The van der Waals surface area contributed by atoms with Crippen molar-refractivity contribution in [1.29, 1.82) is 0 Å². The molecule has 2 N–H and O–H groups in total. The SMILES string of the molecule is COc1ccc(F)cc1C(=O)N1CCO[C@@H](CCc2ccnc(N)c2)C1. The van der Waals surface area contributed by atoms with Gasteiger partial charge in [-0.25, -0.2) is 9.37 Å². The number of carbonyl (C=O) groups is 1. The van der Waals surface area contributed by atoms with Crippen LogP contribution in [0.25, 0.3) is 0 Å². The molecule has 6 nitrogen and oxygen atoms in total. The van der Waals surface area contributed by atoms with Crippen molar-refractivity contribution in [1.82, 2.24) is 9.88 Å². The molecule has 1 aromatic carbocycles. The van der Waals surface area contributed by atoms with Crippen molar-refractivity contribution in [3.8, 4) is 5.75 Å². The Morgan fingerprint density at radius 1 is 1.42 bits per heavy atom. The first-order valence-electron chi connectivity index (χ1n) is 8.51. The number of benzene rings is 1. The number of nitrogen functional groups attached to an aromatic ring is 1. The molecule has 1 fully saturated rings. The first-order chi connectivity index (χ1) is 12.6. The molecular weight excluding hydrogens is 337 g/mol. The molecule has 1 amide bonds. The number of rotatable bonds is 5. The second kappa shape index (κ2) is 8.14. The zero-order chi connectivity index (χ0) is 18.5. The van der Waals surface area contributed by atoms with Crippen LogP contribution in [0.1, 0.15) is 22.3 Å². The maximum Gasteiger partial charge on any atom is 0.257 e. The largest absolute Gasteiger partial charge is 0.496 e. The van der Waals surface area contributed by atoms with E-state index in [-0.39, 0.29) is 17.6 Å². The summed E-state index contributed by atoms with van der Waals surface area (Å²) in [6.45, 7) is 1.38. The maximum absolute atomic E-state index is 13.6. The van der Waals surface area contributed by atoms with E-state index >= 15 is 0 Å². The van der Waals surface area contributed by atoms with E-state index in [1.165, 1.54) is 25.3 Å². The van der Waals surface area contributed by atoms with Gasteiger partial charge in [-0.05, 0) is 48.7 Å². The Hall–Kier alpha value is -2.67. The lowest BCUT2D eigenvalue weighted by Gasteiger charge is -2.33. The molecule has 0 unspecified atom stereocenters. The Morgan fingerprint density at radius 2 is 2.27 bits per heavy atom. The third-order valence-electron chi connectivity index (χ3n) is 4.42. The highest BCUT2D eigenvalue weighted by Crippen LogP contribution is 2.23. The summed E-state index contributed by atoms with van der Waals surface area (Å²) in [6.07, 6.45) is 3.14. The number of pyridine rings is 1. The Bertz CT molecular complexity index is 784. The van der Waals surface area contributed by atoms with Crippen molar-refractivity contribution >= 4 is 11.7 Å². The smallest absolute Gasteiger partial charge is 0.257 e. The second-order valence-corrected chi connectivity index (χ2v) is 6.22. The third-order valence-corrected chi connectivity index (χ3v) is 4.42. The summed E-state index contributed by atoms with van der Waals surface area (Å²) < 4.78 is 24.5. The van der Waals surface area contributed by atoms with Gasteiger partial charge in [0, 0.05) is 19.3 Å². The molecule has 1 aromatic heterocycles. The number of amides is 1. The molecule has 2 heterocycles. The highest BCUT2D eigenvalue weighted by Gasteiger charge is 2.27. The first-order valence-corrected chi connectivity index (χ1v) is 8.51. The van der Waals surface area contributed by atoms with E-state index in [1.807, 2.05) is 12.1 Å². The Kier molecular flexibility index (Phi) is 5.68. The molecule has 1 aliphatic heterocycles. The van der Waals surface area contributed by atoms with Crippen LogP contribution in [0.15, 0.2) is 36.5 Å². The highest BCUT2D eigenvalue weighted by atomic mass is 19.1. The van der Waals surface area contributed by atoms with E-state index < -0.39 is 5.82 Å². The monoisotopic (exact) mass is 359 g/mol. The molecular formula is C19H22FN3O3. The number of anilines is 1. The number of morpholine rings is 1. The highest BCUT2D eigenvalue weighted by molar-refractivity contribution is 5.97.